The highest BCUT2D eigenvalue weighted by Crippen LogP contribution is 2.23. The van der Waals surface area contributed by atoms with Gasteiger partial charge >= 0.3 is 12.2 Å². The summed E-state index contributed by atoms with van der Waals surface area (Å²) < 4.78 is 194. The predicted molar refractivity (Wildman–Crippen MR) is 226 cm³/mol. The minimum Gasteiger partial charge on any atom is -0.453 e. The van der Waals surface area contributed by atoms with E-state index in [1.165, 1.54) is 61.8 Å². The van der Waals surface area contributed by atoms with Crippen LogP contribution in [0.5, 0.6) is 0 Å². The van der Waals surface area contributed by atoms with Crippen LogP contribution in [0.1, 0.15) is 79.7 Å². The van der Waals surface area contributed by atoms with E-state index < -0.39 is 132 Å². The summed E-state index contributed by atoms with van der Waals surface area (Å²) in [6.07, 6.45) is -4.97. The lowest BCUT2D eigenvalue weighted by Crippen LogP contribution is -2.61. The summed E-state index contributed by atoms with van der Waals surface area (Å²) in [5.74, 6) is -3.93. The Kier molecular flexibility index (Phi) is 11.2. The van der Waals surface area contributed by atoms with E-state index in [4.69, 9.17) is 43.6 Å². The van der Waals surface area contributed by atoms with Gasteiger partial charge in [-0.3, -0.25) is 20.0 Å². The van der Waals surface area contributed by atoms with Crippen LogP contribution in [0.4, 0.5) is 9.59 Å². The molecule has 0 saturated carbocycles. The van der Waals surface area contributed by atoms with Crippen molar-refractivity contribution in [2.75, 3.05) is 60.4 Å². The number of amides is 4. The summed E-state index contributed by atoms with van der Waals surface area (Å²) in [6, 6.07) is 8.96. The fourth-order valence-corrected chi connectivity index (χ4v) is 5.19. The molecule has 5 N–H and O–H groups in total. The van der Waals surface area contributed by atoms with Crippen LogP contribution >= 0.6 is 0 Å². The molecule has 0 aliphatic rings. The molecule has 0 bridgehead atoms. The van der Waals surface area contributed by atoms with Crippen molar-refractivity contribution >= 4 is 24.0 Å². The van der Waals surface area contributed by atoms with Crippen LogP contribution in [0.15, 0.2) is 79.0 Å². The van der Waals surface area contributed by atoms with Crippen LogP contribution in [-0.4, -0.2) is 124 Å². The fourth-order valence-electron chi connectivity index (χ4n) is 5.19. The van der Waals surface area contributed by atoms with E-state index >= 15 is 0 Å². The second-order valence-corrected chi connectivity index (χ2v) is 13.0. The number of aliphatic hydroxyl groups excluding tert-OH is 1. The first-order valence-corrected chi connectivity index (χ1v) is 18.3. The molecule has 16 nitrogen and oxygen atoms in total. The number of alkyl carbamates (subject to hydrolysis) is 2. The first-order chi connectivity index (χ1) is 36.8. The molecule has 60 heavy (non-hydrogen) atoms. The molecule has 330 valence electrons. The zero-order chi connectivity index (χ0) is 60.9. The van der Waals surface area contributed by atoms with E-state index in [2.05, 4.69) is 15.0 Å². The topological polar surface area (TPSA) is 199 Å². The summed E-state index contributed by atoms with van der Waals surface area (Å²) in [7, 11) is 2.16. The van der Waals surface area contributed by atoms with E-state index in [0.29, 0.717) is 18.4 Å². The van der Waals surface area contributed by atoms with Gasteiger partial charge in [-0.05, 0) is 40.5 Å². The smallest absolute Gasteiger partial charge is 0.407 e. The molecule has 3 aromatic rings. The van der Waals surface area contributed by atoms with Crippen LogP contribution < -0.4 is 21.4 Å². The number of hydrogen-bond donors (Lipinski definition) is 5. The first kappa shape index (κ1) is 26.9. The fraction of sp³-hybridized carbons (Fsp3) is 0.523. The second kappa shape index (κ2) is 24.8. The number of rotatable bonds is 23. The third kappa shape index (κ3) is 17.6. The van der Waals surface area contributed by atoms with Gasteiger partial charge in [0, 0.05) is 56.6 Å². The Morgan fingerprint density at radius 2 is 1.33 bits per heavy atom. The number of hydrazine groups is 1. The highest BCUT2D eigenvalue weighted by atomic mass is 16.6. The number of carbonyl (C=O) groups excluding carboxylic acids is 4. The van der Waals surface area contributed by atoms with Crippen molar-refractivity contribution in [2.24, 2.45) is 10.8 Å². The molecule has 0 radical (unpaired) electrons. The van der Waals surface area contributed by atoms with Crippen molar-refractivity contribution in [3.63, 3.8) is 0 Å². The molecule has 16 heteroatoms. The maximum atomic E-state index is 14.9. The molecule has 0 fully saturated rings. The van der Waals surface area contributed by atoms with E-state index in [9.17, 15) is 27.0 Å². The van der Waals surface area contributed by atoms with Gasteiger partial charge in [0.15, 0.2) is 0 Å². The maximum absolute atomic E-state index is 14.9. The molecule has 3 rings (SSSR count). The number of nitrogens with one attached hydrogen (secondary N) is 4. The summed E-state index contributed by atoms with van der Waals surface area (Å²) in [4.78, 5) is 60.2. The molecule has 4 amide bonds. The van der Waals surface area contributed by atoms with Crippen molar-refractivity contribution in [3.8, 4) is 11.3 Å². The molecule has 2 aromatic carbocycles. The summed E-state index contributed by atoms with van der Waals surface area (Å²) in [5.41, 5.74) is -5.85. The predicted octanol–water partition coefficient (Wildman–Crippen LogP) is 4.26. The normalized spacial score (nSPS) is 20.1. The molecular formula is C44H64N6O10. The number of aromatic nitrogens is 1. The Hall–Kier alpha value is -5.13. The van der Waals surface area contributed by atoms with Gasteiger partial charge in [0.05, 0.1) is 60.7 Å². The second-order valence-electron chi connectivity index (χ2n) is 13.0. The van der Waals surface area contributed by atoms with Gasteiger partial charge in [0.25, 0.3) is 5.91 Å². The molecule has 0 saturated heterocycles. The SMILES string of the molecule is [2H]C([2H])(c1ccc(-c2ccccn2)cc1)N(C[C@H](O)[C@H](Cc1ccccc1)NC(=O)[C@@H](NC(=O)OCCOCCOCCOC)C(C([2H])([2H])[2H])(C([2H])([2H])[2H])C([2H])([2H])[2H])NC(=O)[C@@H](NC(=O)OC)C(C([2H])([2H])[2H])(C([2H])([2H])[2H])C([2H])([2H])[2H]. The Balaban J connectivity index is 2.32. The van der Waals surface area contributed by atoms with Gasteiger partial charge in [-0.1, -0.05) is 102 Å². The van der Waals surface area contributed by atoms with Gasteiger partial charge in [0.1, 0.15) is 18.7 Å². The van der Waals surface area contributed by atoms with Crippen LogP contribution in [0.2, 0.25) is 0 Å². The third-order valence-electron chi connectivity index (χ3n) is 8.18. The Morgan fingerprint density at radius 1 is 0.733 bits per heavy atom. The van der Waals surface area contributed by atoms with E-state index in [-0.39, 0.29) is 43.6 Å². The lowest BCUT2D eigenvalue weighted by molar-refractivity contribution is -0.132. The number of aliphatic hydroxyl groups is 1. The Morgan fingerprint density at radius 3 is 1.93 bits per heavy atom. The highest BCUT2D eigenvalue weighted by Gasteiger charge is 2.37. The summed E-state index contributed by atoms with van der Waals surface area (Å²) in [5, 5.41) is 18.2. The number of benzene rings is 2. The number of pyridine rings is 1. The van der Waals surface area contributed by atoms with Crippen molar-refractivity contribution in [2.45, 2.75) is 78.3 Å². The van der Waals surface area contributed by atoms with Gasteiger partial charge in [-0.2, -0.15) is 0 Å². The lowest BCUT2D eigenvalue weighted by Gasteiger charge is -2.35. The average Bonchev–Trinajstić information content (AvgIpc) is 3.33. The van der Waals surface area contributed by atoms with E-state index in [1.54, 1.807) is 34.9 Å². The Bertz CT molecular complexity index is 2390. The van der Waals surface area contributed by atoms with Gasteiger partial charge < -0.3 is 44.7 Å². The lowest BCUT2D eigenvalue weighted by atomic mass is 9.85. The number of methoxy groups -OCH3 is 2. The standard InChI is InChI=1S/C44H64N6O10/c1-43(2,3)37(48-42(55)60-27-26-59-25-24-58-23-22-56-7)39(52)46-35(28-31-14-10-9-11-15-31)36(51)30-50(49-40(53)38(44(4,5)6)47-41(54)57-8)29-32-17-19-33(20-18-32)34-16-12-13-21-45-34/h9-21,35-38,51H,22-30H2,1-8H3,(H,46,52)(H,47,54)(H,48,55)(H,49,53)/t35-,36-,37+,38+/m0/s1/i1D3,2D3,3D3,4D3,5D3,6D3,29D2. The molecule has 0 unspecified atom stereocenters. The van der Waals surface area contributed by atoms with Crippen LogP contribution in [0.3, 0.4) is 0 Å². The van der Waals surface area contributed by atoms with Crippen molar-refractivity contribution < 1.29 is 75.4 Å². The molecular weight excluding hydrogens is 773 g/mol. The molecule has 1 heterocycles. The highest BCUT2D eigenvalue weighted by molar-refractivity contribution is 5.87. The molecule has 0 spiro atoms. The van der Waals surface area contributed by atoms with E-state index in [1.807, 2.05) is 5.43 Å². The number of hydrogen-bond acceptors (Lipinski definition) is 12. The Labute approximate surface area is 382 Å². The van der Waals surface area contributed by atoms with Gasteiger partial charge in [0.2, 0.25) is 5.91 Å². The number of carbonyl (C=O) groups is 4. The van der Waals surface area contributed by atoms with Crippen LogP contribution in [0.25, 0.3) is 11.3 Å². The monoisotopic (exact) mass is 857 g/mol. The van der Waals surface area contributed by atoms with Crippen molar-refractivity contribution in [1.82, 2.24) is 31.4 Å². The largest absolute Gasteiger partial charge is 0.453 e. The minimum absolute atomic E-state index is 0.0233. The van der Waals surface area contributed by atoms with Crippen LogP contribution in [0, 0.1) is 10.8 Å². The van der Waals surface area contributed by atoms with Crippen molar-refractivity contribution in [3.05, 3.63) is 90.1 Å². The molecule has 4 atom stereocenters. The molecule has 1 aromatic heterocycles. The maximum Gasteiger partial charge on any atom is 0.407 e. The average molecular weight is 857 g/mol. The third-order valence-corrected chi connectivity index (χ3v) is 8.18. The quantitative estimate of drug-likeness (QED) is 0.0672. The number of ether oxygens (including phenoxy) is 5. The van der Waals surface area contributed by atoms with Gasteiger partial charge in [-0.25, -0.2) is 14.6 Å². The van der Waals surface area contributed by atoms with Gasteiger partial charge in [-0.15, -0.1) is 0 Å². The van der Waals surface area contributed by atoms with Crippen LogP contribution in [-0.2, 0) is 46.2 Å². The minimum atomic E-state index is -4.22. The zero-order valence-corrected chi connectivity index (χ0v) is 33.0. The summed E-state index contributed by atoms with van der Waals surface area (Å²) >= 11 is 0. The molecule has 0 aliphatic carbocycles. The summed E-state index contributed by atoms with van der Waals surface area (Å²) in [6.45, 7) is -30.1. The zero-order valence-electron chi connectivity index (χ0n) is 53.0. The van der Waals surface area contributed by atoms with Crippen molar-refractivity contribution in [1.29, 1.82) is 0 Å². The first-order valence-electron chi connectivity index (χ1n) is 28.3. The molecule has 0 aliphatic heterocycles. The van der Waals surface area contributed by atoms with E-state index in [0.717, 1.165) is 0 Å². The number of nitrogens with zero attached hydrogens (tertiary/aromatic N) is 2.